The number of amides is 1. The molecule has 1 amide bonds. The van der Waals surface area contributed by atoms with E-state index in [1.165, 1.54) is 24.2 Å². The van der Waals surface area contributed by atoms with E-state index in [0.29, 0.717) is 18.1 Å². The summed E-state index contributed by atoms with van der Waals surface area (Å²) in [5, 5.41) is 17.8. The molecule has 1 saturated carbocycles. The average molecular weight is 562 g/mol. The van der Waals surface area contributed by atoms with Gasteiger partial charge in [-0.15, -0.1) is 0 Å². The number of benzene rings is 2. The van der Waals surface area contributed by atoms with Crippen LogP contribution in [0, 0.1) is 12.8 Å². The predicted molar refractivity (Wildman–Crippen MR) is 158 cm³/mol. The lowest BCUT2D eigenvalue weighted by Crippen LogP contribution is -2.29. The number of rotatable bonds is 11. The number of ether oxygens (including phenoxy) is 1. The van der Waals surface area contributed by atoms with Crippen LogP contribution < -0.4 is 10.1 Å². The number of hydrogen-bond donors (Lipinski definition) is 2. The van der Waals surface area contributed by atoms with E-state index in [9.17, 15) is 9.59 Å². The van der Waals surface area contributed by atoms with E-state index in [1.54, 1.807) is 19.2 Å². The molecular weight excluding hydrogens is 522 g/mol. The molecule has 1 aromatic heterocycles. The van der Waals surface area contributed by atoms with Crippen LogP contribution in [-0.2, 0) is 9.63 Å². The van der Waals surface area contributed by atoms with Crippen molar-refractivity contribution in [1.29, 1.82) is 0 Å². The van der Waals surface area contributed by atoms with Crippen LogP contribution in [0.4, 0.5) is 5.69 Å². The smallest absolute Gasteiger partial charge is 0.305 e. The maximum atomic E-state index is 12.7. The number of carbonyl (C=O) groups excluding carboxylic acids is 1. The number of carboxylic acids is 1. The Labute approximate surface area is 240 Å². The number of furan rings is 1. The lowest BCUT2D eigenvalue weighted by Gasteiger charge is -2.31. The molecule has 41 heavy (non-hydrogen) atoms. The van der Waals surface area contributed by atoms with Gasteiger partial charge in [0.2, 0.25) is 0 Å². The van der Waals surface area contributed by atoms with Crippen LogP contribution >= 0.6 is 0 Å². The lowest BCUT2D eigenvalue weighted by molar-refractivity contribution is -0.137. The first-order valence-corrected chi connectivity index (χ1v) is 14.5. The molecule has 2 aliphatic rings. The minimum atomic E-state index is -0.925. The molecule has 0 saturated heterocycles. The second kappa shape index (κ2) is 12.7. The number of oxime groups is 1. The Morgan fingerprint density at radius 1 is 1.15 bits per heavy atom. The number of fused-ring (bicyclic) bond motifs is 1. The second-order valence-corrected chi connectivity index (χ2v) is 11.3. The monoisotopic (exact) mass is 561 g/mol. The maximum absolute atomic E-state index is 12.7. The fourth-order valence-electron chi connectivity index (χ4n) is 5.77. The van der Waals surface area contributed by atoms with Crippen LogP contribution in [0.25, 0.3) is 11.0 Å². The molecule has 0 radical (unpaired) electrons. The van der Waals surface area contributed by atoms with Gasteiger partial charge in [-0.25, -0.2) is 0 Å². The van der Waals surface area contributed by atoms with Gasteiger partial charge in [-0.3, -0.25) is 9.59 Å². The fraction of sp³-hybridized carbons (Fsp3) is 0.469. The van der Waals surface area contributed by atoms with E-state index in [-0.39, 0.29) is 31.0 Å². The Kier molecular flexibility index (Phi) is 8.81. The summed E-state index contributed by atoms with van der Waals surface area (Å²) in [4.78, 5) is 30.3. The highest BCUT2D eigenvalue weighted by atomic mass is 16.6. The van der Waals surface area contributed by atoms with Crippen molar-refractivity contribution >= 4 is 34.2 Å². The van der Waals surface area contributed by atoms with E-state index < -0.39 is 5.97 Å². The molecule has 2 heterocycles. The van der Waals surface area contributed by atoms with E-state index >= 15 is 0 Å². The zero-order valence-corrected chi connectivity index (χ0v) is 24.0. The highest BCUT2D eigenvalue weighted by Gasteiger charge is 2.30. The number of aryl methyl sites for hydroxylation is 1. The third-order valence-corrected chi connectivity index (χ3v) is 8.10. The molecule has 2 unspecified atom stereocenters. The number of carbonyl (C=O) groups is 2. The van der Waals surface area contributed by atoms with Crippen LogP contribution in [0.2, 0.25) is 0 Å². The standard InChI is InChI=1S/C32H39N3O6/c1-20-17-25(34-41-20)19-39-26-13-14-28-27(18-26)21(2)31(40-28)30(22-7-5-4-6-8-22)33-24-11-9-23(10-12-24)32(38)35(3)16-15-29(36)37/h9-14,18,20,22,30,33H,4-8,15-17,19H2,1-3H3,(H,36,37). The summed E-state index contributed by atoms with van der Waals surface area (Å²) in [7, 11) is 1.62. The van der Waals surface area contributed by atoms with Gasteiger partial charge in [0, 0.05) is 42.2 Å². The molecule has 218 valence electrons. The fourth-order valence-corrected chi connectivity index (χ4v) is 5.77. The van der Waals surface area contributed by atoms with Gasteiger partial charge in [-0.05, 0) is 75.1 Å². The summed E-state index contributed by atoms with van der Waals surface area (Å²) in [5.74, 6) is 0.997. The van der Waals surface area contributed by atoms with Crippen LogP contribution in [0.5, 0.6) is 5.75 Å². The van der Waals surface area contributed by atoms with E-state index in [2.05, 4.69) is 17.4 Å². The molecule has 1 fully saturated rings. The molecule has 9 heteroatoms. The predicted octanol–water partition coefficient (Wildman–Crippen LogP) is 6.57. The zero-order chi connectivity index (χ0) is 28.9. The molecule has 2 aromatic carbocycles. The van der Waals surface area contributed by atoms with Gasteiger partial charge in [0.15, 0.2) is 0 Å². The number of nitrogens with one attached hydrogen (secondary N) is 1. The Hall–Kier alpha value is -4.01. The minimum absolute atomic E-state index is 0.0154. The average Bonchev–Trinajstić information content (AvgIpc) is 3.55. The Balaban J connectivity index is 1.35. The van der Waals surface area contributed by atoms with Crippen LogP contribution in [-0.4, -0.2) is 53.9 Å². The normalized spacial score (nSPS) is 18.0. The van der Waals surface area contributed by atoms with Gasteiger partial charge < -0.3 is 29.3 Å². The number of hydrogen-bond acceptors (Lipinski definition) is 7. The van der Waals surface area contributed by atoms with E-state index in [0.717, 1.165) is 58.7 Å². The first-order chi connectivity index (χ1) is 19.8. The molecule has 9 nitrogen and oxygen atoms in total. The Morgan fingerprint density at radius 2 is 1.90 bits per heavy atom. The molecular formula is C32H39N3O6. The van der Waals surface area contributed by atoms with Gasteiger partial charge in [-0.1, -0.05) is 24.4 Å². The van der Waals surface area contributed by atoms with Crippen LogP contribution in [0.3, 0.4) is 0 Å². The third kappa shape index (κ3) is 6.84. The van der Waals surface area contributed by atoms with Crippen molar-refractivity contribution in [3.8, 4) is 5.75 Å². The molecule has 0 spiro atoms. The van der Waals surface area contributed by atoms with Crippen molar-refractivity contribution in [2.45, 2.75) is 70.9 Å². The summed E-state index contributed by atoms with van der Waals surface area (Å²) >= 11 is 0. The molecule has 1 aliphatic carbocycles. The topological polar surface area (TPSA) is 114 Å². The summed E-state index contributed by atoms with van der Waals surface area (Å²) < 4.78 is 12.5. The SMILES string of the molecule is Cc1c(C(Nc2ccc(C(=O)N(C)CCC(=O)O)cc2)C2CCCCC2)oc2ccc(OCC3=NOC(C)C3)cc12. The summed E-state index contributed by atoms with van der Waals surface area (Å²) in [6.45, 7) is 4.67. The second-order valence-electron chi connectivity index (χ2n) is 11.3. The van der Waals surface area contributed by atoms with Crippen molar-refractivity contribution in [3.05, 3.63) is 59.4 Å². The molecule has 5 rings (SSSR count). The van der Waals surface area contributed by atoms with Gasteiger partial charge in [0.05, 0.1) is 18.2 Å². The highest BCUT2D eigenvalue weighted by Crippen LogP contribution is 2.41. The largest absolute Gasteiger partial charge is 0.487 e. The van der Waals surface area contributed by atoms with Gasteiger partial charge >= 0.3 is 5.97 Å². The molecule has 2 atom stereocenters. The first kappa shape index (κ1) is 28.5. The van der Waals surface area contributed by atoms with Crippen molar-refractivity contribution in [2.75, 3.05) is 25.5 Å². The van der Waals surface area contributed by atoms with Crippen LogP contribution in [0.15, 0.2) is 52.0 Å². The Bertz CT molecular complexity index is 1410. The van der Waals surface area contributed by atoms with Crippen molar-refractivity contribution in [1.82, 2.24) is 4.90 Å². The third-order valence-electron chi connectivity index (χ3n) is 8.10. The van der Waals surface area contributed by atoms with Gasteiger partial charge in [0.1, 0.15) is 29.8 Å². The molecule has 2 N–H and O–H groups in total. The molecule has 1 aliphatic heterocycles. The summed E-state index contributed by atoms with van der Waals surface area (Å²) in [6, 6.07) is 13.3. The van der Waals surface area contributed by atoms with E-state index in [4.69, 9.17) is 19.1 Å². The van der Waals surface area contributed by atoms with Crippen molar-refractivity contribution in [3.63, 3.8) is 0 Å². The number of anilines is 1. The Morgan fingerprint density at radius 3 is 2.59 bits per heavy atom. The molecule has 3 aromatic rings. The lowest BCUT2D eigenvalue weighted by atomic mass is 9.82. The summed E-state index contributed by atoms with van der Waals surface area (Å²) in [6.07, 6.45) is 6.68. The quantitative estimate of drug-likeness (QED) is 0.272. The summed E-state index contributed by atoms with van der Waals surface area (Å²) in [5.41, 5.74) is 4.25. The maximum Gasteiger partial charge on any atom is 0.305 e. The number of aliphatic carboxylic acids is 1. The zero-order valence-electron chi connectivity index (χ0n) is 24.0. The molecule has 0 bridgehead atoms. The number of carboxylic acid groups (broad SMARTS) is 1. The van der Waals surface area contributed by atoms with Crippen LogP contribution in [0.1, 0.15) is 79.6 Å². The number of nitrogens with zero attached hydrogens (tertiary/aromatic N) is 2. The van der Waals surface area contributed by atoms with Gasteiger partial charge in [0.25, 0.3) is 5.91 Å². The minimum Gasteiger partial charge on any atom is -0.487 e. The van der Waals surface area contributed by atoms with Crippen molar-refractivity contribution < 1.29 is 28.7 Å². The highest BCUT2D eigenvalue weighted by molar-refractivity contribution is 5.94. The van der Waals surface area contributed by atoms with Crippen molar-refractivity contribution in [2.24, 2.45) is 11.1 Å². The van der Waals surface area contributed by atoms with Gasteiger partial charge in [-0.2, -0.15) is 0 Å². The van der Waals surface area contributed by atoms with E-state index in [1.807, 2.05) is 37.3 Å². The first-order valence-electron chi connectivity index (χ1n) is 14.5.